The van der Waals surface area contributed by atoms with Crippen molar-refractivity contribution in [3.05, 3.63) is 63.6 Å². The van der Waals surface area contributed by atoms with Crippen LogP contribution in [-0.4, -0.2) is 48.4 Å². The predicted molar refractivity (Wildman–Crippen MR) is 108 cm³/mol. The maximum Gasteiger partial charge on any atom is 0.238 e. The molecule has 2 aromatic carbocycles. The number of hydrogen-bond acceptors (Lipinski definition) is 4. The maximum atomic E-state index is 12.3. The van der Waals surface area contributed by atoms with Gasteiger partial charge in [0.05, 0.1) is 17.1 Å². The zero-order chi connectivity index (χ0) is 19.2. The van der Waals surface area contributed by atoms with E-state index in [1.165, 1.54) is 5.56 Å². The number of amides is 1. The number of hydrogen-bond donors (Lipinski definition) is 1. The zero-order valence-corrected chi connectivity index (χ0v) is 16.3. The molecule has 1 saturated heterocycles. The summed E-state index contributed by atoms with van der Waals surface area (Å²) in [7, 11) is 0. The molecule has 3 rings (SSSR count). The van der Waals surface area contributed by atoms with Crippen LogP contribution in [-0.2, 0) is 11.3 Å². The van der Waals surface area contributed by atoms with Gasteiger partial charge < -0.3 is 5.32 Å². The van der Waals surface area contributed by atoms with E-state index < -0.39 is 0 Å². The van der Waals surface area contributed by atoms with E-state index in [1.54, 1.807) is 18.2 Å². The van der Waals surface area contributed by atoms with E-state index in [2.05, 4.69) is 21.2 Å². The molecule has 0 atom stereocenters. The molecule has 27 heavy (non-hydrogen) atoms. The van der Waals surface area contributed by atoms with Crippen molar-refractivity contribution < 1.29 is 4.79 Å². The maximum absolute atomic E-state index is 12.3. The summed E-state index contributed by atoms with van der Waals surface area (Å²) in [6.45, 7) is 4.68. The first-order valence-corrected chi connectivity index (χ1v) is 9.48. The third-order valence-corrected chi connectivity index (χ3v) is 5.05. The molecule has 0 spiro atoms. The van der Waals surface area contributed by atoms with Crippen molar-refractivity contribution in [1.29, 1.82) is 5.26 Å². The number of piperazine rings is 1. The van der Waals surface area contributed by atoms with Crippen molar-refractivity contribution in [3.63, 3.8) is 0 Å². The van der Waals surface area contributed by atoms with Crippen molar-refractivity contribution in [3.8, 4) is 6.07 Å². The third-order valence-electron chi connectivity index (χ3n) is 4.50. The van der Waals surface area contributed by atoms with Gasteiger partial charge in [-0.2, -0.15) is 5.26 Å². The Labute approximate surface area is 169 Å². The molecule has 140 valence electrons. The van der Waals surface area contributed by atoms with Crippen LogP contribution in [0.15, 0.2) is 42.5 Å². The quantitative estimate of drug-likeness (QED) is 0.829. The summed E-state index contributed by atoms with van der Waals surface area (Å²) in [4.78, 5) is 16.8. The predicted octanol–water partition coefficient (Wildman–Crippen LogP) is 3.62. The van der Waals surface area contributed by atoms with Gasteiger partial charge in [-0.15, -0.1) is 0 Å². The van der Waals surface area contributed by atoms with Gasteiger partial charge in [-0.05, 0) is 35.9 Å². The van der Waals surface area contributed by atoms with Crippen LogP contribution in [0.1, 0.15) is 11.1 Å². The van der Waals surface area contributed by atoms with Gasteiger partial charge in [0, 0.05) is 43.4 Å². The summed E-state index contributed by atoms with van der Waals surface area (Å²) in [6.07, 6.45) is 0. The standard InChI is InChI=1S/C20H20Cl2N4O/c21-17-3-1-2-15(10-17)13-25-6-8-26(9-7-25)14-20(27)24-18-5-4-16(12-23)19(22)11-18/h1-5,10-11H,6-9,13-14H2,(H,24,27). The van der Waals surface area contributed by atoms with Gasteiger partial charge in [0.15, 0.2) is 0 Å². The summed E-state index contributed by atoms with van der Waals surface area (Å²) in [5.41, 5.74) is 2.19. The van der Waals surface area contributed by atoms with Crippen LogP contribution in [0, 0.1) is 11.3 Å². The second-order valence-electron chi connectivity index (χ2n) is 6.54. The van der Waals surface area contributed by atoms with Gasteiger partial charge in [-0.25, -0.2) is 0 Å². The minimum atomic E-state index is -0.0842. The minimum absolute atomic E-state index is 0.0842. The Balaban J connectivity index is 1.45. The smallest absolute Gasteiger partial charge is 0.238 e. The van der Waals surface area contributed by atoms with Crippen molar-refractivity contribution in [2.75, 3.05) is 38.0 Å². The van der Waals surface area contributed by atoms with E-state index in [4.69, 9.17) is 28.5 Å². The van der Waals surface area contributed by atoms with E-state index in [1.807, 2.05) is 24.3 Å². The van der Waals surface area contributed by atoms with E-state index in [0.717, 1.165) is 37.7 Å². The van der Waals surface area contributed by atoms with Crippen LogP contribution in [0.5, 0.6) is 0 Å². The molecule has 0 aliphatic carbocycles. The van der Waals surface area contributed by atoms with E-state index in [0.29, 0.717) is 22.8 Å². The van der Waals surface area contributed by atoms with Crippen LogP contribution in [0.25, 0.3) is 0 Å². The summed E-state index contributed by atoms with van der Waals surface area (Å²) in [6, 6.07) is 14.8. The molecule has 0 bridgehead atoms. The van der Waals surface area contributed by atoms with Gasteiger partial charge in [0.1, 0.15) is 6.07 Å². The summed E-state index contributed by atoms with van der Waals surface area (Å²) < 4.78 is 0. The monoisotopic (exact) mass is 402 g/mol. The minimum Gasteiger partial charge on any atom is -0.325 e. The fraction of sp³-hybridized carbons (Fsp3) is 0.300. The summed E-state index contributed by atoms with van der Waals surface area (Å²) in [5, 5.41) is 12.8. The highest BCUT2D eigenvalue weighted by molar-refractivity contribution is 6.32. The first-order valence-electron chi connectivity index (χ1n) is 8.72. The number of carbonyl (C=O) groups is 1. The van der Waals surface area contributed by atoms with Crippen LogP contribution in [0.3, 0.4) is 0 Å². The fourth-order valence-electron chi connectivity index (χ4n) is 3.09. The molecular weight excluding hydrogens is 383 g/mol. The van der Waals surface area contributed by atoms with Gasteiger partial charge in [-0.3, -0.25) is 14.6 Å². The summed E-state index contributed by atoms with van der Waals surface area (Å²) >= 11 is 12.0. The van der Waals surface area contributed by atoms with E-state index >= 15 is 0 Å². The van der Waals surface area contributed by atoms with Crippen LogP contribution >= 0.6 is 23.2 Å². The topological polar surface area (TPSA) is 59.4 Å². The molecule has 0 saturated carbocycles. The Morgan fingerprint density at radius 1 is 1.07 bits per heavy atom. The van der Waals surface area contributed by atoms with Gasteiger partial charge in [0.2, 0.25) is 5.91 Å². The van der Waals surface area contributed by atoms with Crippen molar-refractivity contribution >= 4 is 34.8 Å². The number of anilines is 1. The average molecular weight is 403 g/mol. The molecule has 1 aliphatic rings. The lowest BCUT2D eigenvalue weighted by Crippen LogP contribution is -2.48. The number of rotatable bonds is 5. The SMILES string of the molecule is N#Cc1ccc(NC(=O)CN2CCN(Cc3cccc(Cl)c3)CC2)cc1Cl. The number of carbonyl (C=O) groups excluding carboxylic acids is 1. The van der Waals surface area contributed by atoms with Gasteiger partial charge >= 0.3 is 0 Å². The number of halogens is 2. The Hall–Kier alpha value is -2.10. The Bertz CT molecular complexity index is 857. The number of benzene rings is 2. The largest absolute Gasteiger partial charge is 0.325 e. The molecule has 7 heteroatoms. The number of nitrogens with one attached hydrogen (secondary N) is 1. The molecule has 0 unspecified atom stereocenters. The Kier molecular flexibility index (Phi) is 6.70. The molecule has 1 N–H and O–H groups in total. The molecule has 2 aromatic rings. The molecule has 0 aromatic heterocycles. The van der Waals surface area contributed by atoms with Crippen molar-refractivity contribution in [2.45, 2.75) is 6.54 Å². The number of nitrogens with zero attached hydrogens (tertiary/aromatic N) is 3. The summed E-state index contributed by atoms with van der Waals surface area (Å²) in [5.74, 6) is -0.0842. The van der Waals surface area contributed by atoms with Crippen LogP contribution < -0.4 is 5.32 Å². The lowest BCUT2D eigenvalue weighted by atomic mass is 10.2. The molecule has 0 radical (unpaired) electrons. The average Bonchev–Trinajstić information content (AvgIpc) is 2.63. The second kappa shape index (κ2) is 9.20. The highest BCUT2D eigenvalue weighted by Gasteiger charge is 2.19. The van der Waals surface area contributed by atoms with Gasteiger partial charge in [-0.1, -0.05) is 35.3 Å². The van der Waals surface area contributed by atoms with Crippen LogP contribution in [0.4, 0.5) is 5.69 Å². The van der Waals surface area contributed by atoms with Crippen molar-refractivity contribution in [1.82, 2.24) is 9.80 Å². The highest BCUT2D eigenvalue weighted by atomic mass is 35.5. The van der Waals surface area contributed by atoms with Crippen LogP contribution in [0.2, 0.25) is 10.0 Å². The highest BCUT2D eigenvalue weighted by Crippen LogP contribution is 2.20. The lowest BCUT2D eigenvalue weighted by molar-refractivity contribution is -0.117. The first-order chi connectivity index (χ1) is 13.0. The van der Waals surface area contributed by atoms with Crippen molar-refractivity contribution in [2.24, 2.45) is 0 Å². The molecular formula is C20H20Cl2N4O. The van der Waals surface area contributed by atoms with Gasteiger partial charge in [0.25, 0.3) is 0 Å². The van der Waals surface area contributed by atoms with E-state index in [-0.39, 0.29) is 5.91 Å². The fourth-order valence-corrected chi connectivity index (χ4v) is 3.52. The first kappa shape index (κ1) is 19.7. The molecule has 1 aliphatic heterocycles. The Morgan fingerprint density at radius 3 is 2.48 bits per heavy atom. The van der Waals surface area contributed by atoms with E-state index in [9.17, 15) is 4.79 Å². The Morgan fingerprint density at radius 2 is 1.81 bits per heavy atom. The third kappa shape index (κ3) is 5.69. The molecule has 5 nitrogen and oxygen atoms in total. The lowest BCUT2D eigenvalue weighted by Gasteiger charge is -2.34. The molecule has 1 amide bonds. The number of nitriles is 1. The zero-order valence-electron chi connectivity index (χ0n) is 14.8. The second-order valence-corrected chi connectivity index (χ2v) is 7.38. The molecule has 1 fully saturated rings. The molecule has 1 heterocycles. The normalized spacial score (nSPS) is 15.3.